The zero-order valence-electron chi connectivity index (χ0n) is 11.4. The molecule has 1 aromatic heterocycles. The van der Waals surface area contributed by atoms with E-state index in [0.717, 1.165) is 36.6 Å². The lowest BCUT2D eigenvalue weighted by molar-refractivity contribution is 0.643. The van der Waals surface area contributed by atoms with Crippen molar-refractivity contribution >= 4 is 0 Å². The lowest BCUT2D eigenvalue weighted by atomic mass is 10.0. The first kappa shape index (κ1) is 12.2. The van der Waals surface area contributed by atoms with Gasteiger partial charge < -0.3 is 9.88 Å². The van der Waals surface area contributed by atoms with E-state index in [-0.39, 0.29) is 5.43 Å². The van der Waals surface area contributed by atoms with Crippen LogP contribution in [-0.2, 0) is 13.0 Å². The summed E-state index contributed by atoms with van der Waals surface area (Å²) < 4.78 is 2.14. The van der Waals surface area contributed by atoms with Crippen LogP contribution in [-0.4, -0.2) is 11.1 Å². The molecule has 0 unspecified atom stereocenters. The Balaban J connectivity index is 2.15. The fourth-order valence-corrected chi connectivity index (χ4v) is 2.87. The van der Waals surface area contributed by atoms with E-state index in [1.165, 1.54) is 11.1 Å². The highest BCUT2D eigenvalue weighted by atomic mass is 16.1. The number of aromatic nitrogens is 1. The summed E-state index contributed by atoms with van der Waals surface area (Å²) in [6, 6.07) is 9.96. The fourth-order valence-electron chi connectivity index (χ4n) is 2.87. The zero-order valence-corrected chi connectivity index (χ0v) is 11.4. The van der Waals surface area contributed by atoms with Gasteiger partial charge in [-0.2, -0.15) is 0 Å². The Bertz CT molecular complexity index is 659. The number of hydrogen-bond acceptors (Lipinski definition) is 2. The minimum Gasteiger partial charge on any atom is -0.318 e. The molecule has 0 radical (unpaired) electrons. The molecule has 0 saturated heterocycles. The molecule has 1 N–H and O–H groups in total. The van der Waals surface area contributed by atoms with Crippen LogP contribution in [0, 0.1) is 13.8 Å². The zero-order chi connectivity index (χ0) is 13.4. The Hall–Kier alpha value is -1.87. The van der Waals surface area contributed by atoms with Gasteiger partial charge in [0, 0.05) is 35.8 Å². The number of benzene rings is 1. The molecule has 1 aromatic carbocycles. The van der Waals surface area contributed by atoms with Gasteiger partial charge in [-0.25, -0.2) is 0 Å². The summed E-state index contributed by atoms with van der Waals surface area (Å²) in [5.74, 6) is 0. The molecule has 1 aliphatic heterocycles. The van der Waals surface area contributed by atoms with Gasteiger partial charge in [-0.15, -0.1) is 0 Å². The first-order valence-electron chi connectivity index (χ1n) is 6.68. The molecule has 1 aliphatic rings. The van der Waals surface area contributed by atoms with Crippen LogP contribution in [0.4, 0.5) is 0 Å². The molecule has 0 fully saturated rings. The summed E-state index contributed by atoms with van der Waals surface area (Å²) >= 11 is 0. The van der Waals surface area contributed by atoms with Crippen LogP contribution >= 0.6 is 0 Å². The van der Waals surface area contributed by atoms with E-state index >= 15 is 0 Å². The number of rotatable bonds is 1. The van der Waals surface area contributed by atoms with E-state index < -0.39 is 0 Å². The van der Waals surface area contributed by atoms with Crippen LogP contribution in [0.25, 0.3) is 5.69 Å². The van der Waals surface area contributed by atoms with Gasteiger partial charge in [0.25, 0.3) is 0 Å². The molecule has 0 spiro atoms. The highest BCUT2D eigenvalue weighted by Crippen LogP contribution is 2.20. The number of hydrogen-bond donors (Lipinski definition) is 1. The van der Waals surface area contributed by atoms with Crippen LogP contribution in [0.2, 0.25) is 0 Å². The van der Waals surface area contributed by atoms with Gasteiger partial charge in [0.2, 0.25) is 0 Å². The number of fused-ring (bicyclic) bond motifs is 1. The van der Waals surface area contributed by atoms with Crippen molar-refractivity contribution in [1.29, 1.82) is 0 Å². The SMILES string of the molecule is Cc1cc(=O)cc(C)n1-c1ccc2c(c1)CNCC2. The largest absolute Gasteiger partial charge is 0.318 e. The van der Waals surface area contributed by atoms with Crippen molar-refractivity contribution in [3.8, 4) is 5.69 Å². The lowest BCUT2D eigenvalue weighted by Crippen LogP contribution is -2.23. The summed E-state index contributed by atoms with van der Waals surface area (Å²) in [7, 11) is 0. The number of nitrogens with one attached hydrogen (secondary N) is 1. The van der Waals surface area contributed by atoms with Crippen LogP contribution in [0.5, 0.6) is 0 Å². The van der Waals surface area contributed by atoms with Crippen molar-refractivity contribution in [3.63, 3.8) is 0 Å². The number of aryl methyl sites for hydroxylation is 2. The molecular formula is C16H18N2O. The molecule has 3 nitrogen and oxygen atoms in total. The van der Waals surface area contributed by atoms with Gasteiger partial charge in [-0.3, -0.25) is 4.79 Å². The van der Waals surface area contributed by atoms with Crippen molar-refractivity contribution in [2.45, 2.75) is 26.8 Å². The van der Waals surface area contributed by atoms with Gasteiger partial charge in [-0.1, -0.05) is 6.07 Å². The predicted molar refractivity (Wildman–Crippen MR) is 76.9 cm³/mol. The Morgan fingerprint density at radius 1 is 1.05 bits per heavy atom. The third-order valence-electron chi connectivity index (χ3n) is 3.74. The van der Waals surface area contributed by atoms with E-state index in [0.29, 0.717) is 0 Å². The standard InChI is InChI=1S/C16H18N2O/c1-11-7-16(19)8-12(2)18(11)15-4-3-13-5-6-17-10-14(13)9-15/h3-4,7-9,17H,5-6,10H2,1-2H3. The third kappa shape index (κ3) is 2.22. The normalized spacial score (nSPS) is 14.2. The maximum absolute atomic E-state index is 11.5. The molecule has 0 bridgehead atoms. The Morgan fingerprint density at radius 3 is 2.53 bits per heavy atom. The van der Waals surface area contributed by atoms with Crippen LogP contribution < -0.4 is 10.7 Å². The van der Waals surface area contributed by atoms with E-state index in [1.807, 2.05) is 13.8 Å². The topological polar surface area (TPSA) is 34.0 Å². The van der Waals surface area contributed by atoms with Crippen molar-refractivity contribution in [2.75, 3.05) is 6.54 Å². The van der Waals surface area contributed by atoms with Gasteiger partial charge in [0.05, 0.1) is 0 Å². The maximum atomic E-state index is 11.5. The Kier molecular flexibility index (Phi) is 2.99. The highest BCUT2D eigenvalue weighted by molar-refractivity contribution is 5.44. The van der Waals surface area contributed by atoms with E-state index in [9.17, 15) is 4.79 Å². The van der Waals surface area contributed by atoms with Crippen LogP contribution in [0.3, 0.4) is 0 Å². The second-order valence-corrected chi connectivity index (χ2v) is 5.19. The molecular weight excluding hydrogens is 236 g/mol. The van der Waals surface area contributed by atoms with E-state index in [4.69, 9.17) is 0 Å². The smallest absolute Gasteiger partial charge is 0.182 e. The molecule has 2 heterocycles. The Morgan fingerprint density at radius 2 is 1.79 bits per heavy atom. The lowest BCUT2D eigenvalue weighted by Gasteiger charge is -2.20. The van der Waals surface area contributed by atoms with Crippen LogP contribution in [0.1, 0.15) is 22.5 Å². The fraction of sp³-hybridized carbons (Fsp3) is 0.312. The molecule has 19 heavy (non-hydrogen) atoms. The Labute approximate surface area is 112 Å². The molecule has 3 heteroatoms. The number of nitrogens with zero attached hydrogens (tertiary/aromatic N) is 1. The van der Waals surface area contributed by atoms with Gasteiger partial charge in [0.15, 0.2) is 5.43 Å². The van der Waals surface area contributed by atoms with Crippen molar-refractivity contribution < 1.29 is 0 Å². The molecule has 0 aliphatic carbocycles. The summed E-state index contributed by atoms with van der Waals surface area (Å²) in [4.78, 5) is 11.5. The maximum Gasteiger partial charge on any atom is 0.182 e. The van der Waals surface area contributed by atoms with Gasteiger partial charge >= 0.3 is 0 Å². The second kappa shape index (κ2) is 4.67. The second-order valence-electron chi connectivity index (χ2n) is 5.19. The summed E-state index contributed by atoms with van der Waals surface area (Å²) in [5, 5.41) is 3.40. The molecule has 2 aromatic rings. The molecule has 3 rings (SSSR count). The minimum atomic E-state index is 0.0749. The van der Waals surface area contributed by atoms with Gasteiger partial charge in [-0.05, 0) is 50.1 Å². The van der Waals surface area contributed by atoms with Crippen LogP contribution in [0.15, 0.2) is 35.1 Å². The predicted octanol–water partition coefficient (Wildman–Crippen LogP) is 2.10. The van der Waals surface area contributed by atoms with Gasteiger partial charge in [0.1, 0.15) is 0 Å². The average Bonchev–Trinajstić information content (AvgIpc) is 2.37. The van der Waals surface area contributed by atoms with Crippen molar-refractivity contribution in [1.82, 2.24) is 9.88 Å². The molecule has 0 saturated carbocycles. The summed E-state index contributed by atoms with van der Waals surface area (Å²) in [6.45, 7) is 5.95. The molecule has 0 atom stereocenters. The molecule has 0 amide bonds. The number of pyridine rings is 1. The first-order valence-corrected chi connectivity index (χ1v) is 6.68. The van der Waals surface area contributed by atoms with E-state index in [2.05, 4.69) is 28.1 Å². The first-order chi connectivity index (χ1) is 9.15. The van der Waals surface area contributed by atoms with E-state index in [1.54, 1.807) is 12.1 Å². The monoisotopic (exact) mass is 254 g/mol. The third-order valence-corrected chi connectivity index (χ3v) is 3.74. The average molecular weight is 254 g/mol. The minimum absolute atomic E-state index is 0.0749. The quantitative estimate of drug-likeness (QED) is 0.845. The van der Waals surface area contributed by atoms with Crippen molar-refractivity contribution in [2.24, 2.45) is 0 Å². The molecule has 98 valence electrons. The highest BCUT2D eigenvalue weighted by Gasteiger charge is 2.11. The summed E-state index contributed by atoms with van der Waals surface area (Å²) in [5.41, 5.74) is 5.96. The summed E-state index contributed by atoms with van der Waals surface area (Å²) in [6.07, 6.45) is 1.09. The van der Waals surface area contributed by atoms with Crippen molar-refractivity contribution in [3.05, 3.63) is 63.1 Å².